The average Bonchev–Trinajstić information content (AvgIpc) is 3.21. The van der Waals surface area contributed by atoms with Crippen LogP contribution in [0.2, 0.25) is 0 Å². The number of carbonyl (C=O) groups excluding carboxylic acids is 2. The molecule has 3 rings (SSSR count). The second-order valence-corrected chi connectivity index (χ2v) is 7.38. The van der Waals surface area contributed by atoms with Crippen LogP contribution in [-0.4, -0.2) is 39.6 Å². The average molecular weight is 390 g/mol. The van der Waals surface area contributed by atoms with E-state index in [1.807, 2.05) is 56.4 Å². The molecule has 1 atom stereocenters. The summed E-state index contributed by atoms with van der Waals surface area (Å²) < 4.78 is 1.78. The van der Waals surface area contributed by atoms with E-state index in [0.29, 0.717) is 12.1 Å². The van der Waals surface area contributed by atoms with Crippen LogP contribution in [0.3, 0.4) is 0 Å². The normalized spacial score (nSPS) is 11.9. The minimum atomic E-state index is -0.600. The maximum absolute atomic E-state index is 13.0. The van der Waals surface area contributed by atoms with E-state index in [2.05, 4.69) is 10.4 Å². The van der Waals surface area contributed by atoms with Crippen molar-refractivity contribution in [1.29, 1.82) is 0 Å². The first-order chi connectivity index (χ1) is 14.0. The van der Waals surface area contributed by atoms with Crippen molar-refractivity contribution in [3.05, 3.63) is 84.2 Å². The maximum Gasteiger partial charge on any atom is 0.251 e. The van der Waals surface area contributed by atoms with Gasteiger partial charge in [-0.15, -0.1) is 0 Å². The van der Waals surface area contributed by atoms with Gasteiger partial charge in [0, 0.05) is 30.9 Å². The van der Waals surface area contributed by atoms with Gasteiger partial charge in [-0.25, -0.2) is 4.68 Å². The highest BCUT2D eigenvalue weighted by Crippen LogP contribution is 2.12. The molecule has 0 saturated heterocycles. The molecule has 6 heteroatoms. The molecule has 0 spiro atoms. The number of hydrogen-bond acceptors (Lipinski definition) is 3. The molecule has 0 unspecified atom stereocenters. The molecular formula is C23H26N4O2. The van der Waals surface area contributed by atoms with Gasteiger partial charge in [0.15, 0.2) is 0 Å². The molecule has 1 aromatic heterocycles. The zero-order chi connectivity index (χ0) is 20.8. The Labute approximate surface area is 171 Å². The monoisotopic (exact) mass is 390 g/mol. The standard InChI is InChI=1S/C23H26N4O2/c1-17(2)21(25-22(28)19-10-6-4-7-11-19)23(29)26(3)15-18-14-24-27(16-18)20-12-8-5-9-13-20/h4-14,16-17,21H,15H2,1-3H3,(H,25,28)/t21-/m0/s1. The molecule has 2 amide bonds. The Morgan fingerprint density at radius 1 is 1.03 bits per heavy atom. The Bertz CT molecular complexity index is 951. The molecule has 0 fully saturated rings. The van der Waals surface area contributed by atoms with Gasteiger partial charge >= 0.3 is 0 Å². The first kappa shape index (κ1) is 20.3. The van der Waals surface area contributed by atoms with E-state index < -0.39 is 6.04 Å². The number of carbonyl (C=O) groups is 2. The first-order valence-electron chi connectivity index (χ1n) is 9.65. The summed E-state index contributed by atoms with van der Waals surface area (Å²) in [4.78, 5) is 27.2. The molecule has 0 aliphatic heterocycles. The topological polar surface area (TPSA) is 67.2 Å². The summed E-state index contributed by atoms with van der Waals surface area (Å²) in [6.45, 7) is 4.26. The fourth-order valence-electron chi connectivity index (χ4n) is 3.08. The van der Waals surface area contributed by atoms with Crippen molar-refractivity contribution in [2.75, 3.05) is 7.05 Å². The summed E-state index contributed by atoms with van der Waals surface area (Å²) in [5.41, 5.74) is 2.42. The van der Waals surface area contributed by atoms with Gasteiger partial charge in [0.05, 0.1) is 11.9 Å². The van der Waals surface area contributed by atoms with Crippen LogP contribution in [0.5, 0.6) is 0 Å². The third-order valence-electron chi connectivity index (χ3n) is 4.71. The molecule has 29 heavy (non-hydrogen) atoms. The van der Waals surface area contributed by atoms with E-state index in [9.17, 15) is 9.59 Å². The molecule has 0 radical (unpaired) electrons. The van der Waals surface area contributed by atoms with Gasteiger partial charge in [-0.3, -0.25) is 9.59 Å². The van der Waals surface area contributed by atoms with Gasteiger partial charge < -0.3 is 10.2 Å². The minimum absolute atomic E-state index is 0.0374. The zero-order valence-electron chi connectivity index (χ0n) is 16.9. The third kappa shape index (κ3) is 5.10. The molecule has 1 N–H and O–H groups in total. The van der Waals surface area contributed by atoms with Gasteiger partial charge in [-0.1, -0.05) is 50.2 Å². The van der Waals surface area contributed by atoms with E-state index in [1.54, 1.807) is 47.1 Å². The van der Waals surface area contributed by atoms with Gasteiger partial charge in [0.1, 0.15) is 6.04 Å². The lowest BCUT2D eigenvalue weighted by Crippen LogP contribution is -2.50. The van der Waals surface area contributed by atoms with E-state index in [4.69, 9.17) is 0 Å². The van der Waals surface area contributed by atoms with Crippen LogP contribution < -0.4 is 5.32 Å². The Hall–Kier alpha value is -3.41. The second kappa shape index (κ2) is 9.19. The van der Waals surface area contributed by atoms with E-state index >= 15 is 0 Å². The fraction of sp³-hybridized carbons (Fsp3) is 0.261. The number of nitrogens with one attached hydrogen (secondary N) is 1. The number of amides is 2. The molecule has 6 nitrogen and oxygen atoms in total. The number of aromatic nitrogens is 2. The molecule has 0 aliphatic rings. The maximum atomic E-state index is 13.0. The molecular weight excluding hydrogens is 364 g/mol. The van der Waals surface area contributed by atoms with Crippen molar-refractivity contribution in [3.63, 3.8) is 0 Å². The highest BCUT2D eigenvalue weighted by molar-refractivity contribution is 5.97. The van der Waals surface area contributed by atoms with Gasteiger partial charge in [-0.2, -0.15) is 5.10 Å². The summed E-state index contributed by atoms with van der Waals surface area (Å²) in [6.07, 6.45) is 3.66. The van der Waals surface area contributed by atoms with E-state index in [1.165, 1.54) is 0 Å². The fourth-order valence-corrected chi connectivity index (χ4v) is 3.08. The van der Waals surface area contributed by atoms with Crippen molar-refractivity contribution in [2.24, 2.45) is 5.92 Å². The highest BCUT2D eigenvalue weighted by atomic mass is 16.2. The van der Waals surface area contributed by atoms with Crippen LogP contribution in [0.1, 0.15) is 29.8 Å². The lowest BCUT2D eigenvalue weighted by Gasteiger charge is -2.27. The molecule has 150 valence electrons. The van der Waals surface area contributed by atoms with Crippen LogP contribution in [0.4, 0.5) is 0 Å². The molecule has 0 bridgehead atoms. The molecule has 3 aromatic rings. The smallest absolute Gasteiger partial charge is 0.251 e. The lowest BCUT2D eigenvalue weighted by atomic mass is 10.0. The number of rotatable bonds is 7. The number of likely N-dealkylation sites (N-methyl/N-ethyl adjacent to an activating group) is 1. The number of hydrogen-bond donors (Lipinski definition) is 1. The summed E-state index contributed by atoms with van der Waals surface area (Å²) in [5, 5.41) is 7.26. The van der Waals surface area contributed by atoms with Crippen molar-refractivity contribution in [2.45, 2.75) is 26.4 Å². The predicted octanol–water partition coefficient (Wildman–Crippen LogP) is 3.29. The van der Waals surface area contributed by atoms with Crippen molar-refractivity contribution < 1.29 is 9.59 Å². The van der Waals surface area contributed by atoms with E-state index in [0.717, 1.165) is 11.3 Å². The number of nitrogens with zero attached hydrogens (tertiary/aromatic N) is 3. The van der Waals surface area contributed by atoms with E-state index in [-0.39, 0.29) is 17.7 Å². The Kier molecular flexibility index (Phi) is 6.44. The van der Waals surface area contributed by atoms with Crippen LogP contribution in [0, 0.1) is 5.92 Å². The molecule has 0 aliphatic carbocycles. The molecule has 2 aromatic carbocycles. The van der Waals surface area contributed by atoms with Gasteiger partial charge in [0.25, 0.3) is 5.91 Å². The van der Waals surface area contributed by atoms with Crippen LogP contribution in [0.25, 0.3) is 5.69 Å². The largest absolute Gasteiger partial charge is 0.340 e. The quantitative estimate of drug-likeness (QED) is 0.673. The summed E-state index contributed by atoms with van der Waals surface area (Å²) >= 11 is 0. The number of para-hydroxylation sites is 1. The first-order valence-corrected chi connectivity index (χ1v) is 9.65. The predicted molar refractivity (Wildman–Crippen MR) is 113 cm³/mol. The van der Waals surface area contributed by atoms with Crippen LogP contribution in [-0.2, 0) is 11.3 Å². The van der Waals surface area contributed by atoms with Crippen LogP contribution in [0.15, 0.2) is 73.1 Å². The lowest BCUT2D eigenvalue weighted by molar-refractivity contribution is -0.133. The van der Waals surface area contributed by atoms with Crippen molar-refractivity contribution in [1.82, 2.24) is 20.0 Å². The minimum Gasteiger partial charge on any atom is -0.340 e. The zero-order valence-corrected chi connectivity index (χ0v) is 16.9. The summed E-state index contributed by atoms with van der Waals surface area (Å²) in [6, 6.07) is 18.1. The summed E-state index contributed by atoms with van der Waals surface area (Å²) in [5.74, 6) is -0.413. The molecule has 1 heterocycles. The van der Waals surface area contributed by atoms with Gasteiger partial charge in [-0.05, 0) is 30.2 Å². The number of benzene rings is 2. The van der Waals surface area contributed by atoms with Crippen molar-refractivity contribution in [3.8, 4) is 5.69 Å². The Balaban J connectivity index is 1.67. The molecule has 0 saturated carbocycles. The Morgan fingerprint density at radius 2 is 1.66 bits per heavy atom. The third-order valence-corrected chi connectivity index (χ3v) is 4.71. The SMILES string of the molecule is CC(C)[C@H](NC(=O)c1ccccc1)C(=O)N(C)Cc1cnn(-c2ccccc2)c1. The van der Waals surface area contributed by atoms with Crippen LogP contribution >= 0.6 is 0 Å². The highest BCUT2D eigenvalue weighted by Gasteiger charge is 2.27. The second-order valence-electron chi connectivity index (χ2n) is 7.38. The van der Waals surface area contributed by atoms with Gasteiger partial charge in [0.2, 0.25) is 5.91 Å². The Morgan fingerprint density at radius 3 is 2.28 bits per heavy atom. The van der Waals surface area contributed by atoms with Crippen molar-refractivity contribution >= 4 is 11.8 Å². The summed E-state index contributed by atoms with van der Waals surface area (Å²) in [7, 11) is 1.74.